The van der Waals surface area contributed by atoms with Gasteiger partial charge in [-0.15, -0.1) is 0 Å². The minimum atomic E-state index is -0.162. The first-order chi connectivity index (χ1) is 9.63. The number of hydrogen-bond acceptors (Lipinski definition) is 3. The average molecular weight is 263 g/mol. The van der Waals surface area contributed by atoms with Crippen LogP contribution < -0.4 is 10.7 Å². The molecule has 0 aliphatic heterocycles. The lowest BCUT2D eigenvalue weighted by Gasteiger charge is -2.08. The molecule has 3 heteroatoms. The summed E-state index contributed by atoms with van der Waals surface area (Å²) >= 11 is 0. The SMILES string of the molecule is Cc1ccc(NC2=CC(=O)c3cc(=O)cccc32)cc1. The highest BCUT2D eigenvalue weighted by atomic mass is 16.1. The Labute approximate surface area is 116 Å². The van der Waals surface area contributed by atoms with Crippen molar-refractivity contribution in [2.75, 3.05) is 5.32 Å². The standard InChI is InChI=1S/C17H13NO2/c1-11-5-7-12(8-6-11)18-16-10-17(20)15-9-13(19)3-2-4-14(15)16/h2-10,18H,1H3. The fourth-order valence-electron chi connectivity index (χ4n) is 2.22. The zero-order valence-corrected chi connectivity index (χ0v) is 11.0. The van der Waals surface area contributed by atoms with E-state index >= 15 is 0 Å². The van der Waals surface area contributed by atoms with Gasteiger partial charge in [-0.3, -0.25) is 9.59 Å². The lowest BCUT2D eigenvalue weighted by atomic mass is 10.1. The summed E-state index contributed by atoms with van der Waals surface area (Å²) in [6, 6.07) is 14.2. The highest BCUT2D eigenvalue weighted by Crippen LogP contribution is 2.27. The van der Waals surface area contributed by atoms with Crippen LogP contribution in [0.5, 0.6) is 0 Å². The molecule has 2 aromatic rings. The molecular formula is C17H13NO2. The van der Waals surface area contributed by atoms with Crippen molar-refractivity contribution in [1.82, 2.24) is 0 Å². The van der Waals surface area contributed by atoms with Crippen molar-refractivity contribution < 1.29 is 4.79 Å². The number of nitrogens with one attached hydrogen (secondary N) is 1. The Morgan fingerprint density at radius 3 is 2.40 bits per heavy atom. The molecule has 1 N–H and O–H groups in total. The van der Waals surface area contributed by atoms with E-state index < -0.39 is 0 Å². The van der Waals surface area contributed by atoms with Gasteiger partial charge in [0.15, 0.2) is 11.2 Å². The third-order valence-corrected chi connectivity index (χ3v) is 3.26. The van der Waals surface area contributed by atoms with Crippen LogP contribution in [0.1, 0.15) is 21.5 Å². The van der Waals surface area contributed by atoms with Crippen LogP contribution in [-0.4, -0.2) is 5.78 Å². The van der Waals surface area contributed by atoms with Gasteiger partial charge in [0.25, 0.3) is 0 Å². The van der Waals surface area contributed by atoms with E-state index in [-0.39, 0.29) is 11.2 Å². The molecule has 0 amide bonds. The Hall–Kier alpha value is -2.68. The maximum atomic E-state index is 12.0. The summed E-state index contributed by atoms with van der Waals surface area (Å²) in [5.74, 6) is -0.136. The zero-order valence-electron chi connectivity index (χ0n) is 11.0. The molecule has 3 nitrogen and oxygen atoms in total. The molecule has 20 heavy (non-hydrogen) atoms. The topological polar surface area (TPSA) is 46.2 Å². The molecule has 3 rings (SSSR count). The molecule has 0 bridgehead atoms. The number of rotatable bonds is 2. The van der Waals surface area contributed by atoms with Crippen LogP contribution in [0.3, 0.4) is 0 Å². The molecule has 1 aliphatic rings. The summed E-state index contributed by atoms with van der Waals surface area (Å²) in [4.78, 5) is 23.4. The van der Waals surface area contributed by atoms with Gasteiger partial charge in [0, 0.05) is 22.9 Å². The van der Waals surface area contributed by atoms with Gasteiger partial charge in [-0.05, 0) is 31.2 Å². The number of hydrogen-bond donors (Lipinski definition) is 1. The Balaban J connectivity index is 2.01. The molecule has 0 saturated heterocycles. The second-order valence-corrected chi connectivity index (χ2v) is 4.81. The van der Waals surface area contributed by atoms with Crippen molar-refractivity contribution in [3.8, 4) is 0 Å². The highest BCUT2D eigenvalue weighted by Gasteiger charge is 2.20. The Morgan fingerprint density at radius 1 is 0.900 bits per heavy atom. The molecule has 0 spiro atoms. The lowest BCUT2D eigenvalue weighted by molar-refractivity contribution is 0.105. The van der Waals surface area contributed by atoms with E-state index in [9.17, 15) is 9.59 Å². The third-order valence-electron chi connectivity index (χ3n) is 3.26. The fraction of sp³-hybridized carbons (Fsp3) is 0.0588. The number of benzene rings is 1. The number of anilines is 1. The normalized spacial score (nSPS) is 12.8. The van der Waals surface area contributed by atoms with E-state index in [0.29, 0.717) is 5.56 Å². The van der Waals surface area contributed by atoms with Gasteiger partial charge in [-0.1, -0.05) is 29.8 Å². The van der Waals surface area contributed by atoms with Gasteiger partial charge >= 0.3 is 0 Å². The van der Waals surface area contributed by atoms with Crippen LogP contribution in [0, 0.1) is 6.92 Å². The largest absolute Gasteiger partial charge is 0.355 e. The molecule has 0 heterocycles. The number of carbonyl (C=O) groups excluding carboxylic acids is 1. The van der Waals surface area contributed by atoms with E-state index in [1.165, 1.54) is 23.8 Å². The number of aryl methyl sites for hydroxylation is 1. The van der Waals surface area contributed by atoms with Crippen molar-refractivity contribution in [3.63, 3.8) is 0 Å². The molecule has 98 valence electrons. The Bertz CT molecular complexity index is 774. The molecule has 2 aromatic carbocycles. The molecule has 0 atom stereocenters. The molecule has 0 fully saturated rings. The van der Waals surface area contributed by atoms with Crippen LogP contribution in [-0.2, 0) is 0 Å². The van der Waals surface area contributed by atoms with Crippen LogP contribution in [0.25, 0.3) is 5.70 Å². The van der Waals surface area contributed by atoms with Crippen molar-refractivity contribution in [2.24, 2.45) is 0 Å². The minimum absolute atomic E-state index is 0.136. The Kier molecular flexibility index (Phi) is 2.95. The van der Waals surface area contributed by atoms with Gasteiger partial charge in [-0.2, -0.15) is 0 Å². The minimum Gasteiger partial charge on any atom is -0.355 e. The van der Waals surface area contributed by atoms with Crippen molar-refractivity contribution in [2.45, 2.75) is 6.92 Å². The van der Waals surface area contributed by atoms with Gasteiger partial charge in [0.2, 0.25) is 0 Å². The number of fused-ring (bicyclic) bond motifs is 1. The number of allylic oxidation sites excluding steroid dienone is 1. The third kappa shape index (κ3) is 2.26. The summed E-state index contributed by atoms with van der Waals surface area (Å²) in [5, 5.41) is 3.23. The van der Waals surface area contributed by atoms with Crippen LogP contribution in [0.4, 0.5) is 5.69 Å². The summed E-state index contributed by atoms with van der Waals surface area (Å²) in [5.41, 5.74) is 3.87. The predicted molar refractivity (Wildman–Crippen MR) is 79.8 cm³/mol. The van der Waals surface area contributed by atoms with Crippen molar-refractivity contribution >= 4 is 17.2 Å². The molecule has 0 saturated carbocycles. The maximum Gasteiger partial charge on any atom is 0.188 e. The summed E-state index contributed by atoms with van der Waals surface area (Å²) < 4.78 is 0. The molecule has 1 aliphatic carbocycles. The van der Waals surface area contributed by atoms with Gasteiger partial charge in [-0.25, -0.2) is 0 Å². The average Bonchev–Trinajstić information content (AvgIpc) is 2.61. The van der Waals surface area contributed by atoms with E-state index in [1.54, 1.807) is 12.1 Å². The second-order valence-electron chi connectivity index (χ2n) is 4.81. The molecule has 0 aromatic heterocycles. The van der Waals surface area contributed by atoms with Crippen LogP contribution >= 0.6 is 0 Å². The fourth-order valence-corrected chi connectivity index (χ4v) is 2.22. The zero-order chi connectivity index (χ0) is 14.1. The molecule has 0 unspecified atom stereocenters. The van der Waals surface area contributed by atoms with Gasteiger partial charge < -0.3 is 5.32 Å². The molecule has 0 radical (unpaired) electrons. The maximum absolute atomic E-state index is 12.0. The van der Waals surface area contributed by atoms with Gasteiger partial charge in [0.1, 0.15) is 0 Å². The number of ketones is 1. The van der Waals surface area contributed by atoms with Crippen LogP contribution in [0.15, 0.2) is 59.4 Å². The van der Waals surface area contributed by atoms with Crippen LogP contribution in [0.2, 0.25) is 0 Å². The summed E-state index contributed by atoms with van der Waals surface area (Å²) in [6.45, 7) is 2.02. The summed E-state index contributed by atoms with van der Waals surface area (Å²) in [7, 11) is 0. The van der Waals surface area contributed by atoms with E-state index in [1.807, 2.05) is 31.2 Å². The highest BCUT2D eigenvalue weighted by molar-refractivity contribution is 6.17. The lowest BCUT2D eigenvalue weighted by Crippen LogP contribution is -1.98. The van der Waals surface area contributed by atoms with Crippen molar-refractivity contribution in [3.05, 3.63) is 81.5 Å². The Morgan fingerprint density at radius 2 is 1.65 bits per heavy atom. The smallest absolute Gasteiger partial charge is 0.188 e. The van der Waals surface area contributed by atoms with Crippen molar-refractivity contribution in [1.29, 1.82) is 0 Å². The summed E-state index contributed by atoms with van der Waals surface area (Å²) in [6.07, 6.45) is 1.53. The first kappa shape index (κ1) is 12.4. The van der Waals surface area contributed by atoms with E-state index in [4.69, 9.17) is 0 Å². The number of carbonyl (C=O) groups is 1. The van der Waals surface area contributed by atoms with E-state index in [0.717, 1.165) is 16.9 Å². The predicted octanol–water partition coefficient (Wildman–Crippen LogP) is 3.00. The quantitative estimate of drug-likeness (QED) is 0.906. The van der Waals surface area contributed by atoms with Gasteiger partial charge in [0.05, 0.1) is 5.70 Å². The van der Waals surface area contributed by atoms with E-state index in [2.05, 4.69) is 5.32 Å². The monoisotopic (exact) mass is 263 g/mol. The first-order valence-corrected chi connectivity index (χ1v) is 6.38. The molecular weight excluding hydrogens is 250 g/mol. The first-order valence-electron chi connectivity index (χ1n) is 6.38. The second kappa shape index (κ2) is 4.78.